The van der Waals surface area contributed by atoms with Crippen molar-refractivity contribution >= 4 is 17.5 Å². The molecule has 1 saturated carbocycles. The number of nitrogens with one attached hydrogen (secondary N) is 1. The van der Waals surface area contributed by atoms with Crippen LogP contribution in [-0.2, 0) is 16.2 Å². The first-order valence-electron chi connectivity index (χ1n) is 12.4. The highest BCUT2D eigenvalue weighted by molar-refractivity contribution is 6.02. The van der Waals surface area contributed by atoms with E-state index in [1.807, 2.05) is 4.90 Å². The van der Waals surface area contributed by atoms with Crippen LogP contribution in [0.1, 0.15) is 59.7 Å². The minimum absolute atomic E-state index is 0.0563. The Kier molecular flexibility index (Phi) is 6.84. The van der Waals surface area contributed by atoms with Crippen molar-refractivity contribution in [2.45, 2.75) is 51.7 Å². The lowest BCUT2D eigenvalue weighted by atomic mass is 9.88. The lowest BCUT2D eigenvalue weighted by molar-refractivity contribution is -0.134. The second-order valence-corrected chi connectivity index (χ2v) is 9.66. The van der Waals surface area contributed by atoms with Crippen molar-refractivity contribution in [1.82, 2.24) is 20.2 Å². The van der Waals surface area contributed by atoms with E-state index in [-0.39, 0.29) is 35.9 Å². The number of rotatable bonds is 7. The van der Waals surface area contributed by atoms with Crippen LogP contribution in [0.2, 0.25) is 0 Å². The molecule has 2 fully saturated rings. The second kappa shape index (κ2) is 10.2. The van der Waals surface area contributed by atoms with Crippen LogP contribution in [0.25, 0.3) is 0 Å². The number of amides is 2. The number of nitrogens with zero attached hydrogens (tertiary/aromatic N) is 4. The highest BCUT2D eigenvalue weighted by atomic mass is 19.1. The van der Waals surface area contributed by atoms with Crippen LogP contribution >= 0.6 is 0 Å². The molecule has 5 rings (SSSR count). The van der Waals surface area contributed by atoms with Crippen molar-refractivity contribution in [3.63, 3.8) is 0 Å². The summed E-state index contributed by atoms with van der Waals surface area (Å²) in [6.45, 7) is 3.46. The molecule has 1 unspecified atom stereocenters. The molecule has 3 aliphatic rings. The normalized spacial score (nSPS) is 20.0. The van der Waals surface area contributed by atoms with Gasteiger partial charge >= 0.3 is 0 Å². The number of benzene rings is 1. The third-order valence-electron chi connectivity index (χ3n) is 7.03. The van der Waals surface area contributed by atoms with Crippen LogP contribution < -0.4 is 10.1 Å². The van der Waals surface area contributed by atoms with Crippen LogP contribution in [0.4, 0.5) is 4.39 Å². The molecule has 1 aliphatic carbocycles. The van der Waals surface area contributed by atoms with Crippen molar-refractivity contribution in [3.8, 4) is 5.75 Å². The molecule has 2 aliphatic heterocycles. The lowest BCUT2D eigenvalue weighted by Gasteiger charge is -2.33. The summed E-state index contributed by atoms with van der Waals surface area (Å²) in [6, 6.07) is 6.06. The van der Waals surface area contributed by atoms with Gasteiger partial charge in [-0.2, -0.15) is 0 Å². The van der Waals surface area contributed by atoms with Crippen molar-refractivity contribution < 1.29 is 23.6 Å². The summed E-state index contributed by atoms with van der Waals surface area (Å²) in [5.74, 6) is 0.638. The molecule has 3 heterocycles. The molecule has 1 N–H and O–H groups in total. The molecule has 1 atom stereocenters. The number of carbonyl (C=O) groups excluding carboxylic acids is 2. The number of aromatic nitrogens is 2. The van der Waals surface area contributed by atoms with Crippen LogP contribution in [0.3, 0.4) is 0 Å². The zero-order chi connectivity index (χ0) is 25.2. The summed E-state index contributed by atoms with van der Waals surface area (Å²) >= 11 is 0. The monoisotopic (exact) mass is 495 g/mol. The molecular formula is C26H30FN5O4. The third-order valence-corrected chi connectivity index (χ3v) is 7.03. The minimum Gasteiger partial charge on any atom is -0.494 e. The van der Waals surface area contributed by atoms with Crippen LogP contribution in [0, 0.1) is 24.6 Å². The van der Waals surface area contributed by atoms with Gasteiger partial charge in [0.25, 0.3) is 5.91 Å². The molecule has 0 bridgehead atoms. The fraction of sp³-hybridized carbons (Fsp3) is 0.500. The minimum atomic E-state index is -0.459. The van der Waals surface area contributed by atoms with Crippen molar-refractivity contribution in [3.05, 3.63) is 52.9 Å². The topological polar surface area (TPSA) is 106 Å². The van der Waals surface area contributed by atoms with E-state index in [9.17, 15) is 14.0 Å². The maximum Gasteiger partial charge on any atom is 0.270 e. The first-order valence-corrected chi connectivity index (χ1v) is 12.4. The summed E-state index contributed by atoms with van der Waals surface area (Å²) in [6.07, 6.45) is 4.41. The zero-order valence-corrected chi connectivity index (χ0v) is 20.5. The summed E-state index contributed by atoms with van der Waals surface area (Å²) in [4.78, 5) is 41.6. The number of halogens is 1. The number of methoxy groups -OCH3 is 1. The Balaban J connectivity index is 1.18. The Morgan fingerprint density at radius 2 is 1.94 bits per heavy atom. The molecule has 2 aromatic rings. The van der Waals surface area contributed by atoms with E-state index in [0.717, 1.165) is 38.8 Å². The van der Waals surface area contributed by atoms with Gasteiger partial charge in [-0.1, -0.05) is 11.2 Å². The Labute approximate surface area is 209 Å². The van der Waals surface area contributed by atoms with Gasteiger partial charge in [-0.15, -0.1) is 0 Å². The first-order chi connectivity index (χ1) is 17.4. The number of hydrogen-bond donors (Lipinski definition) is 1. The van der Waals surface area contributed by atoms with Gasteiger partial charge < -0.3 is 19.8 Å². The van der Waals surface area contributed by atoms with E-state index in [0.29, 0.717) is 41.0 Å². The molecule has 2 amide bonds. The number of hydrogen-bond acceptors (Lipinski definition) is 7. The molecule has 190 valence electrons. The Bertz CT molecular complexity index is 1190. The highest BCUT2D eigenvalue weighted by Gasteiger charge is 2.38. The Morgan fingerprint density at radius 3 is 2.67 bits per heavy atom. The van der Waals surface area contributed by atoms with E-state index in [4.69, 9.17) is 9.57 Å². The second-order valence-electron chi connectivity index (χ2n) is 9.66. The van der Waals surface area contributed by atoms with Crippen molar-refractivity contribution in [2.24, 2.45) is 17.0 Å². The number of carbonyl (C=O) groups is 2. The number of aryl methyl sites for hydroxylation is 1. The summed E-state index contributed by atoms with van der Waals surface area (Å²) in [5, 5.41) is 7.09. The van der Waals surface area contributed by atoms with Gasteiger partial charge in [0.15, 0.2) is 11.6 Å². The van der Waals surface area contributed by atoms with Crippen LogP contribution in [0.15, 0.2) is 29.4 Å². The fourth-order valence-corrected chi connectivity index (χ4v) is 4.80. The zero-order valence-electron chi connectivity index (χ0n) is 20.5. The molecule has 0 spiro atoms. The smallest absolute Gasteiger partial charge is 0.270 e. The molecule has 0 radical (unpaired) electrons. The fourth-order valence-electron chi connectivity index (χ4n) is 4.80. The maximum absolute atomic E-state index is 13.6. The number of oxime groups is 1. The standard InChI is InChI=1S/C26H30FN5O4/c1-15-29-20(12-22(30-15)25(33)28-14-16-3-6-19(27)24(11-16)35-2)21-13-23(36-31-21)17-7-9-32(10-8-17)26(34)18-4-5-18/h3,6,11-12,17-18,23H,4-5,7-10,13-14H2,1-2H3,(H,28,33). The summed E-state index contributed by atoms with van der Waals surface area (Å²) in [7, 11) is 1.39. The average molecular weight is 496 g/mol. The molecule has 1 saturated heterocycles. The molecule has 1 aromatic carbocycles. The van der Waals surface area contributed by atoms with E-state index < -0.39 is 5.82 Å². The predicted molar refractivity (Wildman–Crippen MR) is 129 cm³/mol. The van der Waals surface area contributed by atoms with Gasteiger partial charge in [0.2, 0.25) is 5.91 Å². The van der Waals surface area contributed by atoms with Gasteiger partial charge in [-0.05, 0) is 56.4 Å². The van der Waals surface area contributed by atoms with Crippen LogP contribution in [-0.4, -0.2) is 58.7 Å². The quantitative estimate of drug-likeness (QED) is 0.633. The van der Waals surface area contributed by atoms with Crippen molar-refractivity contribution in [2.75, 3.05) is 20.2 Å². The largest absolute Gasteiger partial charge is 0.494 e. The third kappa shape index (κ3) is 5.32. The molecule has 36 heavy (non-hydrogen) atoms. The van der Waals surface area contributed by atoms with Crippen LogP contribution in [0.5, 0.6) is 5.75 Å². The predicted octanol–water partition coefficient (Wildman–Crippen LogP) is 3.00. The Morgan fingerprint density at radius 1 is 1.17 bits per heavy atom. The number of ether oxygens (including phenoxy) is 1. The maximum atomic E-state index is 13.6. The van der Waals surface area contributed by atoms with Gasteiger partial charge in [-0.3, -0.25) is 9.59 Å². The number of likely N-dealkylation sites (tertiary alicyclic amines) is 1. The molecule has 1 aromatic heterocycles. The molecule has 9 nitrogen and oxygen atoms in total. The number of piperidine rings is 1. The van der Waals surface area contributed by atoms with Crippen molar-refractivity contribution in [1.29, 1.82) is 0 Å². The van der Waals surface area contributed by atoms with Gasteiger partial charge in [0.1, 0.15) is 23.3 Å². The summed E-state index contributed by atoms with van der Waals surface area (Å²) < 4.78 is 18.6. The van der Waals surface area contributed by atoms with E-state index in [2.05, 4.69) is 20.4 Å². The summed E-state index contributed by atoms with van der Waals surface area (Å²) in [5.41, 5.74) is 2.19. The lowest BCUT2D eigenvalue weighted by Crippen LogP contribution is -2.42. The van der Waals surface area contributed by atoms with E-state index in [1.165, 1.54) is 13.2 Å². The average Bonchev–Trinajstić information content (AvgIpc) is 3.63. The van der Waals surface area contributed by atoms with E-state index in [1.54, 1.807) is 25.1 Å². The molecule has 10 heteroatoms. The van der Waals surface area contributed by atoms with Gasteiger partial charge in [0, 0.05) is 37.9 Å². The van der Waals surface area contributed by atoms with Gasteiger partial charge in [-0.25, -0.2) is 14.4 Å². The molecular weight excluding hydrogens is 465 g/mol. The Hall–Kier alpha value is -3.56. The highest BCUT2D eigenvalue weighted by Crippen LogP contribution is 2.34. The van der Waals surface area contributed by atoms with E-state index >= 15 is 0 Å². The first kappa shape index (κ1) is 24.1. The SMILES string of the molecule is COc1cc(CNC(=O)c2cc(C3=NOC(C4CCN(C(=O)C5CC5)CC4)C3)nc(C)n2)ccc1F. The van der Waals surface area contributed by atoms with Gasteiger partial charge in [0.05, 0.1) is 12.8 Å².